The molecule has 1 aliphatic rings. The second-order valence-electron chi connectivity index (χ2n) is 4.84. The zero-order valence-electron chi connectivity index (χ0n) is 12.3. The maximum absolute atomic E-state index is 12.7. The number of methoxy groups -OCH3 is 1. The number of nitrogens with two attached hydrogens (primary N) is 1. The highest BCUT2D eigenvalue weighted by atomic mass is 16.5. The van der Waals surface area contributed by atoms with Gasteiger partial charge in [-0.3, -0.25) is 4.79 Å². The molecule has 1 aromatic carbocycles. The van der Waals surface area contributed by atoms with Gasteiger partial charge in [0.15, 0.2) is 5.75 Å². The van der Waals surface area contributed by atoms with Gasteiger partial charge in [-0.05, 0) is 31.9 Å². The number of carbonyl (C=O) groups excluding carboxylic acids is 2. The Morgan fingerprint density at radius 1 is 1.43 bits per heavy atom. The molecule has 0 aromatic heterocycles. The summed E-state index contributed by atoms with van der Waals surface area (Å²) >= 11 is 0. The van der Waals surface area contributed by atoms with Crippen LogP contribution in [0.1, 0.15) is 30.1 Å². The Labute approximate surface area is 123 Å². The highest BCUT2D eigenvalue weighted by Crippen LogP contribution is 2.29. The molecule has 0 spiro atoms. The molecule has 21 heavy (non-hydrogen) atoms. The Morgan fingerprint density at radius 3 is 2.86 bits per heavy atom. The van der Waals surface area contributed by atoms with E-state index in [1.54, 1.807) is 25.1 Å². The van der Waals surface area contributed by atoms with E-state index in [9.17, 15) is 9.59 Å². The summed E-state index contributed by atoms with van der Waals surface area (Å²) in [6.07, 6.45) is 1.40. The van der Waals surface area contributed by atoms with Crippen molar-refractivity contribution in [2.24, 2.45) is 0 Å². The van der Waals surface area contributed by atoms with E-state index in [1.807, 2.05) is 0 Å². The standard InChI is InChI=1S/C15H20N2O4/c1-3-21-15(19)12-8-5-9-17(12)14(18)10-6-4-7-11(16)13(10)20-2/h4,6-7,12H,3,5,8-9,16H2,1-2H3. The molecule has 1 amide bonds. The molecule has 2 N–H and O–H groups in total. The number of likely N-dealkylation sites (tertiary alicyclic amines) is 1. The Balaban J connectivity index is 2.27. The monoisotopic (exact) mass is 292 g/mol. The summed E-state index contributed by atoms with van der Waals surface area (Å²) in [5.41, 5.74) is 6.59. The molecule has 1 unspecified atom stereocenters. The van der Waals surface area contributed by atoms with Crippen LogP contribution in [0.2, 0.25) is 0 Å². The molecule has 1 aliphatic heterocycles. The van der Waals surface area contributed by atoms with Gasteiger partial charge in [-0.2, -0.15) is 0 Å². The number of carbonyl (C=O) groups is 2. The molecule has 1 saturated heterocycles. The largest absolute Gasteiger partial charge is 0.494 e. The van der Waals surface area contributed by atoms with Gasteiger partial charge >= 0.3 is 5.97 Å². The van der Waals surface area contributed by atoms with Crippen LogP contribution in [0.3, 0.4) is 0 Å². The van der Waals surface area contributed by atoms with Crippen molar-refractivity contribution < 1.29 is 19.1 Å². The third-order valence-corrected chi connectivity index (χ3v) is 3.55. The number of nitrogen functional groups attached to an aromatic ring is 1. The first-order valence-electron chi connectivity index (χ1n) is 7.00. The molecule has 114 valence electrons. The van der Waals surface area contributed by atoms with E-state index in [1.165, 1.54) is 12.0 Å². The summed E-state index contributed by atoms with van der Waals surface area (Å²) in [7, 11) is 1.47. The summed E-state index contributed by atoms with van der Waals surface area (Å²) in [6, 6.07) is 4.49. The van der Waals surface area contributed by atoms with Gasteiger partial charge in [-0.25, -0.2) is 4.79 Å². The van der Waals surface area contributed by atoms with Crippen molar-refractivity contribution in [2.75, 3.05) is 26.0 Å². The molecule has 0 bridgehead atoms. The third-order valence-electron chi connectivity index (χ3n) is 3.55. The van der Waals surface area contributed by atoms with Gasteiger partial charge in [0.1, 0.15) is 6.04 Å². The van der Waals surface area contributed by atoms with Crippen molar-refractivity contribution in [2.45, 2.75) is 25.8 Å². The lowest BCUT2D eigenvalue weighted by molar-refractivity contribution is -0.147. The number of para-hydroxylation sites is 1. The van der Waals surface area contributed by atoms with Crippen LogP contribution in [0.25, 0.3) is 0 Å². The lowest BCUT2D eigenvalue weighted by atomic mass is 10.1. The lowest BCUT2D eigenvalue weighted by Crippen LogP contribution is -2.41. The number of anilines is 1. The summed E-state index contributed by atoms with van der Waals surface area (Å²) in [5.74, 6) is -0.266. The van der Waals surface area contributed by atoms with Gasteiger partial charge < -0.3 is 20.1 Å². The normalized spacial score (nSPS) is 17.6. The van der Waals surface area contributed by atoms with E-state index in [2.05, 4.69) is 0 Å². The van der Waals surface area contributed by atoms with Crippen LogP contribution in [0, 0.1) is 0 Å². The van der Waals surface area contributed by atoms with Crippen molar-refractivity contribution in [3.8, 4) is 5.75 Å². The predicted molar refractivity (Wildman–Crippen MR) is 78.1 cm³/mol. The summed E-state index contributed by atoms with van der Waals surface area (Å²) < 4.78 is 10.2. The average molecular weight is 292 g/mol. The van der Waals surface area contributed by atoms with E-state index in [-0.39, 0.29) is 11.9 Å². The smallest absolute Gasteiger partial charge is 0.328 e. The fraction of sp³-hybridized carbons (Fsp3) is 0.467. The van der Waals surface area contributed by atoms with Gasteiger partial charge in [0.2, 0.25) is 0 Å². The van der Waals surface area contributed by atoms with Crippen LogP contribution >= 0.6 is 0 Å². The first-order chi connectivity index (χ1) is 10.1. The first kappa shape index (κ1) is 15.2. The number of hydrogen-bond donors (Lipinski definition) is 1. The summed E-state index contributed by atoms with van der Waals surface area (Å²) in [6.45, 7) is 2.58. The Hall–Kier alpha value is -2.24. The van der Waals surface area contributed by atoms with Crippen LogP contribution in [-0.2, 0) is 9.53 Å². The van der Waals surface area contributed by atoms with Gasteiger partial charge in [0.05, 0.1) is 25.0 Å². The molecule has 0 saturated carbocycles. The van der Waals surface area contributed by atoms with E-state index in [0.29, 0.717) is 36.6 Å². The van der Waals surface area contributed by atoms with Crippen LogP contribution < -0.4 is 10.5 Å². The SMILES string of the molecule is CCOC(=O)C1CCCN1C(=O)c1cccc(N)c1OC. The minimum absolute atomic E-state index is 0.255. The van der Waals surface area contributed by atoms with Gasteiger partial charge in [0, 0.05) is 6.54 Å². The van der Waals surface area contributed by atoms with Crippen molar-refractivity contribution >= 4 is 17.6 Å². The zero-order chi connectivity index (χ0) is 15.4. The number of nitrogens with zero attached hydrogens (tertiary/aromatic N) is 1. The quantitative estimate of drug-likeness (QED) is 0.671. The second-order valence-corrected chi connectivity index (χ2v) is 4.84. The molecule has 0 radical (unpaired) electrons. The van der Waals surface area contributed by atoms with Gasteiger partial charge in [-0.15, -0.1) is 0 Å². The minimum Gasteiger partial charge on any atom is -0.494 e. The summed E-state index contributed by atoms with van der Waals surface area (Å²) in [5, 5.41) is 0. The van der Waals surface area contributed by atoms with Crippen molar-refractivity contribution in [1.29, 1.82) is 0 Å². The zero-order valence-corrected chi connectivity index (χ0v) is 12.3. The highest BCUT2D eigenvalue weighted by Gasteiger charge is 2.36. The van der Waals surface area contributed by atoms with E-state index < -0.39 is 6.04 Å². The van der Waals surface area contributed by atoms with E-state index in [4.69, 9.17) is 15.2 Å². The van der Waals surface area contributed by atoms with Crippen molar-refractivity contribution in [3.05, 3.63) is 23.8 Å². The molecule has 1 atom stereocenters. The van der Waals surface area contributed by atoms with Crippen molar-refractivity contribution in [3.63, 3.8) is 0 Å². The molecular weight excluding hydrogens is 272 g/mol. The van der Waals surface area contributed by atoms with E-state index in [0.717, 1.165) is 6.42 Å². The molecule has 2 rings (SSSR count). The minimum atomic E-state index is -0.524. The fourth-order valence-corrected chi connectivity index (χ4v) is 2.60. The topological polar surface area (TPSA) is 81.9 Å². The number of esters is 1. The number of ether oxygens (including phenoxy) is 2. The summed E-state index contributed by atoms with van der Waals surface area (Å²) in [4.78, 5) is 26.2. The molecular formula is C15H20N2O4. The number of rotatable bonds is 4. The van der Waals surface area contributed by atoms with Gasteiger partial charge in [-0.1, -0.05) is 6.07 Å². The van der Waals surface area contributed by atoms with Crippen LogP contribution in [0.15, 0.2) is 18.2 Å². The first-order valence-corrected chi connectivity index (χ1v) is 7.00. The maximum atomic E-state index is 12.7. The Kier molecular flexibility index (Phi) is 4.67. The second kappa shape index (κ2) is 6.47. The highest BCUT2D eigenvalue weighted by molar-refractivity contribution is 6.00. The molecule has 0 aliphatic carbocycles. The van der Waals surface area contributed by atoms with Crippen molar-refractivity contribution in [1.82, 2.24) is 4.90 Å². The van der Waals surface area contributed by atoms with Gasteiger partial charge in [0.25, 0.3) is 5.91 Å². The Morgan fingerprint density at radius 2 is 2.19 bits per heavy atom. The molecule has 1 heterocycles. The Bertz CT molecular complexity index is 544. The molecule has 1 aromatic rings. The third kappa shape index (κ3) is 2.94. The fourth-order valence-electron chi connectivity index (χ4n) is 2.60. The molecule has 6 heteroatoms. The maximum Gasteiger partial charge on any atom is 0.328 e. The number of amides is 1. The molecule has 1 fully saturated rings. The lowest BCUT2D eigenvalue weighted by Gasteiger charge is -2.24. The van der Waals surface area contributed by atoms with Crippen LogP contribution in [0.5, 0.6) is 5.75 Å². The average Bonchev–Trinajstić information content (AvgIpc) is 2.96. The number of benzene rings is 1. The van der Waals surface area contributed by atoms with Crippen LogP contribution in [-0.4, -0.2) is 43.1 Å². The van der Waals surface area contributed by atoms with Crippen LogP contribution in [0.4, 0.5) is 5.69 Å². The predicted octanol–water partition coefficient (Wildman–Crippen LogP) is 1.45. The molecule has 6 nitrogen and oxygen atoms in total. The van der Waals surface area contributed by atoms with E-state index >= 15 is 0 Å². The number of hydrogen-bond acceptors (Lipinski definition) is 5.